The number of fused-ring (bicyclic) bond motifs is 1. The lowest BCUT2D eigenvalue weighted by Crippen LogP contribution is -2.12. The van der Waals surface area contributed by atoms with Crippen LogP contribution in [0.5, 0.6) is 0 Å². The van der Waals surface area contributed by atoms with E-state index in [9.17, 15) is 9.59 Å². The summed E-state index contributed by atoms with van der Waals surface area (Å²) in [6.45, 7) is 0. The highest BCUT2D eigenvalue weighted by molar-refractivity contribution is 7.22. The second-order valence-corrected chi connectivity index (χ2v) is 6.56. The minimum Gasteiger partial charge on any atom is -0.325 e. The minimum atomic E-state index is -0.267. The lowest BCUT2D eigenvalue weighted by Gasteiger charge is -2.01. The molecule has 22 heavy (non-hydrogen) atoms. The van der Waals surface area contributed by atoms with Gasteiger partial charge in [0.1, 0.15) is 5.88 Å². The van der Waals surface area contributed by atoms with Crippen LogP contribution in [-0.2, 0) is 4.79 Å². The molecule has 1 aromatic carbocycles. The number of nitrogens with zero attached hydrogens (tertiary/aromatic N) is 1. The molecule has 0 atom stereocenters. The SMILES string of the molecule is O=C(CCl)Nc1ccc2nc(NC(=O)c3cccs3)sc2c1. The van der Waals surface area contributed by atoms with Crippen molar-refractivity contribution in [3.8, 4) is 0 Å². The zero-order valence-electron chi connectivity index (χ0n) is 11.1. The number of halogens is 1. The van der Waals surface area contributed by atoms with Crippen LogP contribution in [0.25, 0.3) is 10.2 Å². The van der Waals surface area contributed by atoms with Gasteiger partial charge in [0.25, 0.3) is 5.91 Å². The van der Waals surface area contributed by atoms with Crippen molar-refractivity contribution in [3.05, 3.63) is 40.6 Å². The second kappa shape index (κ2) is 6.43. The van der Waals surface area contributed by atoms with Gasteiger partial charge in [-0.1, -0.05) is 17.4 Å². The number of anilines is 2. The van der Waals surface area contributed by atoms with Gasteiger partial charge in [-0.3, -0.25) is 14.9 Å². The maximum Gasteiger partial charge on any atom is 0.267 e. The normalized spacial score (nSPS) is 10.6. The highest BCUT2D eigenvalue weighted by atomic mass is 35.5. The molecule has 2 amide bonds. The van der Waals surface area contributed by atoms with Crippen LogP contribution >= 0.6 is 34.3 Å². The molecule has 0 spiro atoms. The Morgan fingerprint density at radius 1 is 1.23 bits per heavy atom. The van der Waals surface area contributed by atoms with E-state index in [1.54, 1.807) is 24.3 Å². The monoisotopic (exact) mass is 351 g/mol. The number of carbonyl (C=O) groups is 2. The molecule has 3 rings (SSSR count). The Morgan fingerprint density at radius 2 is 2.09 bits per heavy atom. The molecule has 8 heteroatoms. The molecule has 112 valence electrons. The first-order valence-corrected chi connectivity index (χ1v) is 8.50. The van der Waals surface area contributed by atoms with E-state index in [-0.39, 0.29) is 17.7 Å². The minimum absolute atomic E-state index is 0.0944. The van der Waals surface area contributed by atoms with Crippen LogP contribution in [0.4, 0.5) is 10.8 Å². The summed E-state index contributed by atoms with van der Waals surface area (Å²) in [7, 11) is 0. The van der Waals surface area contributed by atoms with Gasteiger partial charge in [0.15, 0.2) is 5.13 Å². The van der Waals surface area contributed by atoms with Gasteiger partial charge in [-0.15, -0.1) is 22.9 Å². The summed E-state index contributed by atoms with van der Waals surface area (Å²) in [5.74, 6) is -0.537. The number of hydrogen-bond donors (Lipinski definition) is 2. The number of nitrogens with one attached hydrogen (secondary N) is 2. The number of carbonyl (C=O) groups excluding carboxylic acids is 2. The molecule has 2 N–H and O–H groups in total. The number of thiazole rings is 1. The van der Waals surface area contributed by atoms with Crippen molar-refractivity contribution in [2.75, 3.05) is 16.5 Å². The summed E-state index contributed by atoms with van der Waals surface area (Å²) in [6.07, 6.45) is 0. The maximum absolute atomic E-state index is 12.0. The standard InChI is InChI=1S/C14H10ClN3O2S2/c15-7-12(19)16-8-3-4-9-11(6-8)22-14(17-9)18-13(20)10-2-1-5-21-10/h1-6H,7H2,(H,16,19)(H,17,18,20). The van der Waals surface area contributed by atoms with Crippen LogP contribution in [-0.4, -0.2) is 22.7 Å². The summed E-state index contributed by atoms with van der Waals surface area (Å²) < 4.78 is 0.869. The fraction of sp³-hybridized carbons (Fsp3) is 0.0714. The Labute approximate surface area is 138 Å². The van der Waals surface area contributed by atoms with Crippen LogP contribution < -0.4 is 10.6 Å². The Bertz CT molecular complexity index is 830. The Morgan fingerprint density at radius 3 is 2.82 bits per heavy atom. The molecule has 0 radical (unpaired) electrons. The number of amides is 2. The van der Waals surface area contributed by atoms with Crippen molar-refractivity contribution in [1.82, 2.24) is 4.98 Å². The summed E-state index contributed by atoms with van der Waals surface area (Å²) in [5, 5.41) is 7.82. The highest BCUT2D eigenvalue weighted by Gasteiger charge is 2.11. The fourth-order valence-electron chi connectivity index (χ4n) is 1.82. The summed E-state index contributed by atoms with van der Waals surface area (Å²) in [4.78, 5) is 28.3. The zero-order chi connectivity index (χ0) is 15.5. The van der Waals surface area contributed by atoms with Crippen molar-refractivity contribution in [2.24, 2.45) is 0 Å². The Kier molecular flexibility index (Phi) is 4.37. The lowest BCUT2D eigenvalue weighted by molar-refractivity contribution is -0.113. The molecule has 0 aliphatic rings. The van der Waals surface area contributed by atoms with E-state index >= 15 is 0 Å². The molecule has 2 heterocycles. The molecular formula is C14H10ClN3O2S2. The van der Waals surface area contributed by atoms with Crippen LogP contribution in [0, 0.1) is 0 Å². The molecule has 0 unspecified atom stereocenters. The van der Waals surface area contributed by atoms with Gasteiger partial charge in [-0.2, -0.15) is 0 Å². The summed E-state index contributed by atoms with van der Waals surface area (Å²) in [5.41, 5.74) is 1.41. The van der Waals surface area contributed by atoms with Crippen LogP contribution in [0.15, 0.2) is 35.7 Å². The van der Waals surface area contributed by atoms with E-state index in [1.807, 2.05) is 11.4 Å². The van der Waals surface area contributed by atoms with Crippen LogP contribution in [0.3, 0.4) is 0 Å². The molecule has 3 aromatic rings. The highest BCUT2D eigenvalue weighted by Crippen LogP contribution is 2.29. The van der Waals surface area contributed by atoms with E-state index in [1.165, 1.54) is 22.7 Å². The molecule has 0 bridgehead atoms. The lowest BCUT2D eigenvalue weighted by atomic mass is 10.3. The molecule has 0 aliphatic carbocycles. The van der Waals surface area contributed by atoms with Gasteiger partial charge in [-0.05, 0) is 29.6 Å². The number of thiophene rings is 1. The molecular weight excluding hydrogens is 342 g/mol. The van der Waals surface area contributed by atoms with Crippen LogP contribution in [0.1, 0.15) is 9.67 Å². The van der Waals surface area contributed by atoms with Gasteiger partial charge in [0.05, 0.1) is 15.1 Å². The molecule has 0 saturated carbocycles. The van der Waals surface area contributed by atoms with E-state index in [4.69, 9.17) is 11.6 Å². The predicted octanol–water partition coefficient (Wildman–Crippen LogP) is 3.79. The van der Waals surface area contributed by atoms with Crippen LogP contribution in [0.2, 0.25) is 0 Å². The number of aromatic nitrogens is 1. The maximum atomic E-state index is 12.0. The molecule has 5 nitrogen and oxygen atoms in total. The summed E-state index contributed by atoms with van der Waals surface area (Å²) in [6, 6.07) is 8.92. The number of hydrogen-bond acceptors (Lipinski definition) is 5. The van der Waals surface area contributed by atoms with Gasteiger partial charge < -0.3 is 5.32 Å². The predicted molar refractivity (Wildman–Crippen MR) is 91.2 cm³/mol. The topological polar surface area (TPSA) is 71.1 Å². The van der Waals surface area contributed by atoms with E-state index in [0.717, 1.165) is 10.2 Å². The fourth-order valence-corrected chi connectivity index (χ4v) is 3.40. The summed E-state index contributed by atoms with van der Waals surface area (Å²) >= 11 is 8.18. The van der Waals surface area contributed by atoms with Gasteiger partial charge in [0.2, 0.25) is 5.91 Å². The number of alkyl halides is 1. The first-order chi connectivity index (χ1) is 10.7. The second-order valence-electron chi connectivity index (χ2n) is 4.31. The van der Waals surface area contributed by atoms with Crippen molar-refractivity contribution < 1.29 is 9.59 Å². The number of rotatable bonds is 4. The average molecular weight is 352 g/mol. The van der Waals surface area contributed by atoms with Crippen molar-refractivity contribution in [2.45, 2.75) is 0 Å². The van der Waals surface area contributed by atoms with Gasteiger partial charge >= 0.3 is 0 Å². The average Bonchev–Trinajstić information content (AvgIpc) is 3.15. The first-order valence-electron chi connectivity index (χ1n) is 6.27. The van der Waals surface area contributed by atoms with E-state index in [0.29, 0.717) is 15.7 Å². The van der Waals surface area contributed by atoms with Crippen molar-refractivity contribution in [1.29, 1.82) is 0 Å². The largest absolute Gasteiger partial charge is 0.325 e. The van der Waals surface area contributed by atoms with Crippen molar-refractivity contribution in [3.63, 3.8) is 0 Å². The first kappa shape index (κ1) is 15.0. The molecule has 0 saturated heterocycles. The van der Waals surface area contributed by atoms with Gasteiger partial charge in [0, 0.05) is 5.69 Å². The molecule has 2 aromatic heterocycles. The van der Waals surface area contributed by atoms with E-state index < -0.39 is 0 Å². The Hall–Kier alpha value is -1.96. The van der Waals surface area contributed by atoms with E-state index in [2.05, 4.69) is 15.6 Å². The molecule has 0 fully saturated rings. The third kappa shape index (κ3) is 3.27. The van der Waals surface area contributed by atoms with Gasteiger partial charge in [-0.25, -0.2) is 4.98 Å². The Balaban J connectivity index is 1.80. The molecule has 0 aliphatic heterocycles. The number of benzene rings is 1. The zero-order valence-corrected chi connectivity index (χ0v) is 13.5. The quantitative estimate of drug-likeness (QED) is 0.702. The third-order valence-corrected chi connectivity index (χ3v) is 4.80. The smallest absolute Gasteiger partial charge is 0.267 e. The van der Waals surface area contributed by atoms with Crippen molar-refractivity contribution >= 4 is 67.1 Å². The third-order valence-electron chi connectivity index (χ3n) is 2.76.